The van der Waals surface area contributed by atoms with Crippen LogP contribution in [0.2, 0.25) is 0 Å². The lowest BCUT2D eigenvalue weighted by Crippen LogP contribution is -2.65. The lowest BCUT2D eigenvalue weighted by molar-refractivity contribution is -0.161. The van der Waals surface area contributed by atoms with Crippen LogP contribution in [0.5, 0.6) is 0 Å². The van der Waals surface area contributed by atoms with Gasteiger partial charge in [0.25, 0.3) is 5.91 Å². The molecule has 10 heterocycles. The molecule has 1 aromatic heterocycles. The summed E-state index contributed by atoms with van der Waals surface area (Å²) in [5, 5.41) is 10.00. The zero-order chi connectivity index (χ0) is 30.1. The monoisotopic (exact) mass is 585 g/mol. The minimum absolute atomic E-state index is 0.00944. The Morgan fingerprint density at radius 3 is 2.07 bits per heavy atom. The van der Waals surface area contributed by atoms with Gasteiger partial charge in [0.05, 0.1) is 25.9 Å². The molecule has 0 unspecified atom stereocenters. The van der Waals surface area contributed by atoms with Gasteiger partial charge in [-0.05, 0) is 0 Å². The van der Waals surface area contributed by atoms with E-state index in [2.05, 4.69) is 9.97 Å². The highest BCUT2D eigenvalue weighted by Crippen LogP contribution is 2.22. The van der Waals surface area contributed by atoms with E-state index in [1.54, 1.807) is 0 Å². The maximum Gasteiger partial charge on any atom is 0.252 e. The third kappa shape index (κ3) is 5.41. The highest BCUT2D eigenvalue weighted by Gasteiger charge is 2.44. The van der Waals surface area contributed by atoms with E-state index in [1.165, 1.54) is 39.6 Å². The van der Waals surface area contributed by atoms with Crippen molar-refractivity contribution in [2.24, 2.45) is 5.73 Å². The molecular weight excluding hydrogens is 554 g/mol. The van der Waals surface area contributed by atoms with E-state index in [-0.39, 0.29) is 32.6 Å². The number of nitrogens with zero attached hydrogens (tertiary/aromatic N) is 7. The summed E-state index contributed by atoms with van der Waals surface area (Å²) in [7, 11) is 0. The number of hydrogen-bond donors (Lipinski definition) is 3. The molecule has 0 spiro atoms. The number of aliphatic hydroxyl groups excluding tert-OH is 1. The van der Waals surface area contributed by atoms with Gasteiger partial charge in [-0.1, -0.05) is 0 Å². The second-order valence-corrected chi connectivity index (χ2v) is 10.4. The van der Waals surface area contributed by atoms with Crippen molar-refractivity contribution >= 4 is 41.4 Å². The number of imidazole rings is 1. The van der Waals surface area contributed by atoms with Crippen molar-refractivity contribution in [3.05, 3.63) is 30.6 Å². The predicted octanol–water partition coefficient (Wildman–Crippen LogP) is -4.58. The number of carbonyl (C=O) groups is 7. The quantitative estimate of drug-likeness (QED) is 0.303. The molecule has 10 rings (SSSR count). The van der Waals surface area contributed by atoms with Gasteiger partial charge in [0.2, 0.25) is 35.4 Å². The van der Waals surface area contributed by atoms with E-state index < -0.39 is 92.1 Å². The van der Waals surface area contributed by atoms with Crippen molar-refractivity contribution in [1.82, 2.24) is 39.4 Å². The molecule has 7 amide bonds. The fourth-order valence-corrected chi connectivity index (χ4v) is 5.71. The number of aromatic amines is 1. The minimum Gasteiger partial charge on any atom is -0.394 e. The minimum atomic E-state index is -1.35. The van der Waals surface area contributed by atoms with Crippen LogP contribution in [0.3, 0.4) is 0 Å². The summed E-state index contributed by atoms with van der Waals surface area (Å²) in [5.74, 6) is -4.57. The van der Waals surface area contributed by atoms with E-state index in [1.807, 2.05) is 0 Å². The molecule has 9 aliphatic rings. The molecule has 3 atom stereocenters. The molecule has 4 saturated heterocycles. The van der Waals surface area contributed by atoms with Crippen LogP contribution in [0.15, 0.2) is 24.9 Å². The molecule has 4 N–H and O–H groups in total. The van der Waals surface area contributed by atoms with Crippen molar-refractivity contribution in [3.8, 4) is 0 Å². The van der Waals surface area contributed by atoms with Gasteiger partial charge in [0, 0.05) is 56.9 Å². The number of nitrogens with two attached hydrogens (primary N) is 1. The lowest BCUT2D eigenvalue weighted by atomic mass is 10.0. The Morgan fingerprint density at radius 2 is 1.45 bits per heavy atom. The third-order valence-corrected chi connectivity index (χ3v) is 7.90. The normalized spacial score (nSPS) is 25.7. The Balaban J connectivity index is 1.53. The molecule has 0 aromatic carbocycles. The number of nitrogens with one attached hydrogen (secondary N) is 1. The number of carbonyl (C=O) groups excluding carboxylic acids is 7. The molecule has 0 radical (unpaired) electrons. The van der Waals surface area contributed by atoms with Gasteiger partial charge < -0.3 is 45.2 Å². The molecule has 17 heteroatoms. The van der Waals surface area contributed by atoms with E-state index in [0.717, 1.165) is 14.7 Å². The summed E-state index contributed by atoms with van der Waals surface area (Å²) in [6.07, 6.45) is 4.98. The van der Waals surface area contributed by atoms with Crippen LogP contribution in [-0.4, -0.2) is 156 Å². The smallest absolute Gasteiger partial charge is 0.252 e. The number of H-pyrrole nitrogens is 1. The van der Waals surface area contributed by atoms with E-state index in [4.69, 9.17) is 5.73 Å². The van der Waals surface area contributed by atoms with Gasteiger partial charge in [-0.3, -0.25) is 33.6 Å². The van der Waals surface area contributed by atoms with Crippen LogP contribution >= 0.6 is 0 Å². The van der Waals surface area contributed by atoms with E-state index in [9.17, 15) is 38.7 Å². The van der Waals surface area contributed by atoms with Crippen LogP contribution in [0.1, 0.15) is 12.1 Å². The maximum atomic E-state index is 13.7. The summed E-state index contributed by atoms with van der Waals surface area (Å²) >= 11 is 0. The molecule has 0 aliphatic carbocycles. The first kappa shape index (κ1) is 28.7. The molecule has 1 aromatic rings. The number of hydrogen-bond acceptors (Lipinski definition) is 9. The van der Waals surface area contributed by atoms with Gasteiger partial charge >= 0.3 is 0 Å². The summed E-state index contributed by atoms with van der Waals surface area (Å²) in [5.41, 5.74) is 5.95. The van der Waals surface area contributed by atoms with Crippen molar-refractivity contribution in [2.45, 2.75) is 31.0 Å². The molecular formula is C25H31N9O8. The lowest BCUT2D eigenvalue weighted by Gasteiger charge is -2.44. The highest BCUT2D eigenvalue weighted by molar-refractivity contribution is 5.99. The SMILES string of the molecule is NC(=O)C[C@H]1C(=O)N2CCN1C(=O)CN1CCN(C(=O)CN3C=CN(C(=O)C2)[C@@H](CO)C3=O)[C@@H](Cc2cnc[nH]2)C1=O. The van der Waals surface area contributed by atoms with Crippen LogP contribution in [-0.2, 0) is 40.0 Å². The van der Waals surface area contributed by atoms with Crippen molar-refractivity contribution in [1.29, 1.82) is 0 Å². The second-order valence-electron chi connectivity index (χ2n) is 10.4. The van der Waals surface area contributed by atoms with E-state index >= 15 is 0 Å². The molecule has 4 fully saturated rings. The molecule has 17 nitrogen and oxygen atoms in total. The summed E-state index contributed by atoms with van der Waals surface area (Å²) in [6, 6.07) is -3.68. The Morgan fingerprint density at radius 1 is 0.833 bits per heavy atom. The zero-order valence-corrected chi connectivity index (χ0v) is 22.6. The molecule has 9 aliphatic heterocycles. The number of amides is 7. The first-order valence-corrected chi connectivity index (χ1v) is 13.4. The maximum absolute atomic E-state index is 13.7. The van der Waals surface area contributed by atoms with Gasteiger partial charge in [-0.2, -0.15) is 0 Å². The first-order chi connectivity index (χ1) is 20.1. The number of rotatable bonds is 5. The largest absolute Gasteiger partial charge is 0.394 e. The van der Waals surface area contributed by atoms with Crippen LogP contribution in [0, 0.1) is 0 Å². The number of primary amides is 1. The second kappa shape index (κ2) is 11.6. The summed E-state index contributed by atoms with van der Waals surface area (Å²) in [6.45, 7) is -2.12. The molecule has 224 valence electrons. The fourth-order valence-electron chi connectivity index (χ4n) is 5.71. The summed E-state index contributed by atoms with van der Waals surface area (Å²) in [4.78, 5) is 106. The first-order valence-electron chi connectivity index (χ1n) is 13.4. The number of piperazine rings is 2. The van der Waals surface area contributed by atoms with Crippen molar-refractivity contribution < 1.29 is 38.7 Å². The van der Waals surface area contributed by atoms with Crippen LogP contribution in [0.25, 0.3) is 0 Å². The van der Waals surface area contributed by atoms with Crippen molar-refractivity contribution in [2.75, 3.05) is 52.4 Å². The van der Waals surface area contributed by atoms with Gasteiger partial charge in [0.15, 0.2) is 0 Å². The van der Waals surface area contributed by atoms with E-state index in [0.29, 0.717) is 5.69 Å². The third-order valence-electron chi connectivity index (χ3n) is 7.90. The van der Waals surface area contributed by atoms with Gasteiger partial charge in [0.1, 0.15) is 31.2 Å². The Kier molecular flexibility index (Phi) is 7.93. The number of aliphatic hydroxyl groups is 1. The number of aromatic nitrogens is 2. The van der Waals surface area contributed by atoms with Gasteiger partial charge in [-0.25, -0.2) is 4.98 Å². The van der Waals surface area contributed by atoms with Gasteiger partial charge in [-0.15, -0.1) is 0 Å². The molecule has 42 heavy (non-hydrogen) atoms. The molecule has 0 saturated carbocycles. The highest BCUT2D eigenvalue weighted by atomic mass is 16.3. The Labute approximate surface area is 239 Å². The average Bonchev–Trinajstić information content (AvgIpc) is 3.46. The standard InChI is InChI=1S/C25H31N9O8/c26-19(36)8-17-24(41)30-2-5-33(17)21(38)10-29-1-4-32(16(23(29)40)7-15-9-27-14-28-15)20(37)11-31-3-6-34(22(39)12-30)18(13-35)25(31)42/h3,6,9,14,16-18,35H,1-2,4-5,7-8,10-13H2,(H2,26,36)(H,27,28)/t16-,17-,18-/m0/s1. The average molecular weight is 586 g/mol. The Hall–Kier alpha value is -4.80. The van der Waals surface area contributed by atoms with Crippen molar-refractivity contribution in [3.63, 3.8) is 0 Å². The zero-order valence-electron chi connectivity index (χ0n) is 22.6. The topological polar surface area (TPSA) is 214 Å². The summed E-state index contributed by atoms with van der Waals surface area (Å²) < 4.78 is 0. The Bertz CT molecular complexity index is 1330. The van der Waals surface area contributed by atoms with Crippen LogP contribution in [0.4, 0.5) is 0 Å². The van der Waals surface area contributed by atoms with Crippen LogP contribution < -0.4 is 5.73 Å². The predicted molar refractivity (Wildman–Crippen MR) is 139 cm³/mol. The fraction of sp³-hybridized carbons (Fsp3) is 0.520. The molecule has 6 bridgehead atoms.